The van der Waals surface area contributed by atoms with Gasteiger partial charge in [-0.3, -0.25) is 19.5 Å². The highest BCUT2D eigenvalue weighted by Gasteiger charge is 2.28. The van der Waals surface area contributed by atoms with Crippen molar-refractivity contribution in [1.82, 2.24) is 19.6 Å². The molecule has 2 atom stereocenters. The van der Waals surface area contributed by atoms with Gasteiger partial charge in [0.1, 0.15) is 10.4 Å². The highest BCUT2D eigenvalue weighted by molar-refractivity contribution is 7.89. The Morgan fingerprint density at radius 1 is 1.13 bits per heavy atom. The summed E-state index contributed by atoms with van der Waals surface area (Å²) in [6.07, 6.45) is 11.0. The van der Waals surface area contributed by atoms with E-state index in [1.54, 1.807) is 17.0 Å². The van der Waals surface area contributed by atoms with Crippen LogP contribution in [0.3, 0.4) is 0 Å². The number of hydrogen-bond donors (Lipinski definition) is 1. The molecule has 1 aliphatic rings. The van der Waals surface area contributed by atoms with Gasteiger partial charge in [0.2, 0.25) is 5.91 Å². The largest absolute Gasteiger partial charge is 0.379 e. The first-order chi connectivity index (χ1) is 18.2. The smallest absolute Gasteiger partial charge is 0.263 e. The molecule has 0 saturated carbocycles. The van der Waals surface area contributed by atoms with Crippen molar-refractivity contribution in [3.05, 3.63) is 66.2 Å². The Balaban J connectivity index is 0.00000172. The maximum Gasteiger partial charge on any atom is 0.263 e. The van der Waals surface area contributed by atoms with Gasteiger partial charge in [0.15, 0.2) is 0 Å². The number of carbonyl (C=O) groups excluding carboxylic acids is 1. The van der Waals surface area contributed by atoms with Crippen molar-refractivity contribution >= 4 is 27.0 Å². The van der Waals surface area contributed by atoms with Crippen LogP contribution in [0.2, 0.25) is 0 Å². The van der Waals surface area contributed by atoms with E-state index in [0.29, 0.717) is 18.7 Å². The quantitative estimate of drug-likeness (QED) is 0.350. The summed E-state index contributed by atoms with van der Waals surface area (Å²) < 4.78 is 35.0. The Morgan fingerprint density at radius 3 is 2.50 bits per heavy atom. The van der Waals surface area contributed by atoms with Crippen LogP contribution in [0, 0.1) is 0 Å². The Labute approximate surface area is 228 Å². The number of hydrogen-bond acceptors (Lipinski definition) is 6. The maximum absolute atomic E-state index is 13.4. The molecule has 2 aromatic rings. The van der Waals surface area contributed by atoms with Gasteiger partial charge in [-0.05, 0) is 46.2 Å². The van der Waals surface area contributed by atoms with Crippen molar-refractivity contribution in [3.63, 3.8) is 0 Å². The number of allylic oxidation sites excluding steroid dienone is 4. The third-order valence-electron chi connectivity index (χ3n) is 5.63. The van der Waals surface area contributed by atoms with Gasteiger partial charge in [-0.2, -0.15) is 0 Å². The average molecular weight is 545 g/mol. The number of fused-ring (bicyclic) bond motifs is 1. The molecule has 1 aliphatic heterocycles. The molecule has 210 valence electrons. The van der Waals surface area contributed by atoms with E-state index in [-0.39, 0.29) is 40.5 Å². The van der Waals surface area contributed by atoms with Crippen LogP contribution in [0.4, 0.5) is 0 Å². The van der Waals surface area contributed by atoms with Crippen molar-refractivity contribution in [1.29, 1.82) is 0 Å². The Morgan fingerprint density at radius 2 is 1.82 bits per heavy atom. The van der Waals surface area contributed by atoms with Crippen LogP contribution >= 0.6 is 0 Å². The van der Waals surface area contributed by atoms with Gasteiger partial charge in [0, 0.05) is 43.2 Å². The predicted molar refractivity (Wildman–Crippen MR) is 155 cm³/mol. The lowest BCUT2D eigenvalue weighted by Gasteiger charge is -2.31. The summed E-state index contributed by atoms with van der Waals surface area (Å²) in [4.78, 5) is 23.5. The van der Waals surface area contributed by atoms with Crippen LogP contribution in [0.5, 0.6) is 0 Å². The number of nitrogens with one attached hydrogen (secondary N) is 1. The molecule has 9 heteroatoms. The number of sulfonamides is 1. The number of nitrogens with zero attached hydrogens (tertiary/aromatic N) is 3. The fourth-order valence-corrected chi connectivity index (χ4v) is 5.23. The molecular weight excluding hydrogens is 500 g/mol. The third-order valence-corrected chi connectivity index (χ3v) is 7.07. The minimum absolute atomic E-state index is 0.00973. The fourth-order valence-electron chi connectivity index (χ4n) is 3.96. The molecule has 1 aromatic heterocycles. The summed E-state index contributed by atoms with van der Waals surface area (Å²) >= 11 is 0. The predicted octanol–water partition coefficient (Wildman–Crippen LogP) is 5.78. The van der Waals surface area contributed by atoms with Crippen LogP contribution < -0.4 is 4.72 Å². The van der Waals surface area contributed by atoms with E-state index in [4.69, 9.17) is 4.74 Å². The molecule has 3 rings (SSSR count). The standard InChI is InChI=1S/C25H32N4O4S.2C2H6/c1-5-7-18(2)10-11-21(16-24(30)29-19(3)12-15-33-17-20(29)4)28-34(31,32)23-9-6-8-22-25(23)27-14-13-26-22;2*1-2/h5-10,13-14,16,19-20,28H,11-12,15,17H2,1-4H3;2*1-2H3/b7-5-,18-10?,21-16-;;/t19-,20?;;/m0../s1. The molecule has 1 N–H and O–H groups in total. The monoisotopic (exact) mass is 544 g/mol. The summed E-state index contributed by atoms with van der Waals surface area (Å²) in [5.41, 5.74) is 1.99. The van der Waals surface area contributed by atoms with E-state index >= 15 is 0 Å². The fraction of sp³-hybridized carbons (Fsp3) is 0.483. The van der Waals surface area contributed by atoms with E-state index < -0.39 is 10.0 Å². The van der Waals surface area contributed by atoms with E-state index in [2.05, 4.69) is 14.7 Å². The first-order valence-corrected chi connectivity index (χ1v) is 14.8. The lowest BCUT2D eigenvalue weighted by atomic mass is 10.1. The molecule has 1 aromatic carbocycles. The van der Waals surface area contributed by atoms with Crippen LogP contribution in [0.15, 0.2) is 71.1 Å². The molecule has 0 aliphatic carbocycles. The minimum atomic E-state index is -4.02. The Bertz CT molecular complexity index is 1200. The molecule has 1 saturated heterocycles. The first kappa shape index (κ1) is 33.0. The lowest BCUT2D eigenvalue weighted by Crippen LogP contribution is -2.44. The topological polar surface area (TPSA) is 101 Å². The summed E-state index contributed by atoms with van der Waals surface area (Å²) in [6, 6.07) is 4.67. The molecule has 0 bridgehead atoms. The molecule has 38 heavy (non-hydrogen) atoms. The minimum Gasteiger partial charge on any atom is -0.379 e. The summed E-state index contributed by atoms with van der Waals surface area (Å²) in [6.45, 7) is 16.8. The van der Waals surface area contributed by atoms with Gasteiger partial charge in [0.05, 0.1) is 18.2 Å². The second kappa shape index (κ2) is 16.7. The van der Waals surface area contributed by atoms with Gasteiger partial charge in [-0.15, -0.1) is 0 Å². The van der Waals surface area contributed by atoms with Gasteiger partial charge < -0.3 is 9.64 Å². The first-order valence-electron chi connectivity index (χ1n) is 13.4. The van der Waals surface area contributed by atoms with Crippen molar-refractivity contribution in [2.75, 3.05) is 13.2 Å². The SMILES string of the molecule is C/C=C\C(C)=CC/C(=C/C(=O)N1C(C)COCC[C@@H]1C)NS(=O)(=O)c1cccc2nccnc12.CC.CC. The normalized spacial score (nSPS) is 18.7. The lowest BCUT2D eigenvalue weighted by molar-refractivity contribution is -0.130. The number of carbonyl (C=O) groups is 1. The second-order valence-corrected chi connectivity index (χ2v) is 10.1. The molecule has 2 heterocycles. The molecular formula is C29H44N4O4S. The number of amides is 1. The van der Waals surface area contributed by atoms with Crippen LogP contribution in [0.25, 0.3) is 11.0 Å². The molecule has 1 unspecified atom stereocenters. The number of para-hydroxylation sites is 1. The highest BCUT2D eigenvalue weighted by Crippen LogP contribution is 2.21. The van der Waals surface area contributed by atoms with Gasteiger partial charge in [-0.1, -0.05) is 57.6 Å². The zero-order chi connectivity index (χ0) is 28.7. The second-order valence-electron chi connectivity index (χ2n) is 8.41. The van der Waals surface area contributed by atoms with E-state index in [1.807, 2.05) is 73.6 Å². The number of benzene rings is 1. The van der Waals surface area contributed by atoms with Crippen LogP contribution in [0.1, 0.15) is 68.2 Å². The number of rotatable bonds is 7. The van der Waals surface area contributed by atoms with Gasteiger partial charge >= 0.3 is 0 Å². The van der Waals surface area contributed by atoms with E-state index in [0.717, 1.165) is 12.0 Å². The van der Waals surface area contributed by atoms with Crippen LogP contribution in [-0.2, 0) is 19.6 Å². The molecule has 8 nitrogen and oxygen atoms in total. The Kier molecular flexibility index (Phi) is 14.5. The van der Waals surface area contributed by atoms with Crippen molar-refractivity contribution in [2.45, 2.75) is 85.2 Å². The molecule has 1 fully saturated rings. The maximum atomic E-state index is 13.4. The highest BCUT2D eigenvalue weighted by atomic mass is 32.2. The van der Waals surface area contributed by atoms with Crippen molar-refractivity contribution in [3.8, 4) is 0 Å². The zero-order valence-corrected chi connectivity index (χ0v) is 24.9. The number of ether oxygens (including phenoxy) is 1. The van der Waals surface area contributed by atoms with E-state index in [1.165, 1.54) is 24.5 Å². The Hall–Kier alpha value is -3.04. The summed E-state index contributed by atoms with van der Waals surface area (Å²) in [5, 5.41) is 0. The molecule has 0 spiro atoms. The van der Waals surface area contributed by atoms with Gasteiger partial charge in [0.25, 0.3) is 10.0 Å². The average Bonchev–Trinajstić information content (AvgIpc) is 3.08. The van der Waals surface area contributed by atoms with Crippen molar-refractivity contribution < 1.29 is 17.9 Å². The summed E-state index contributed by atoms with van der Waals surface area (Å²) in [5.74, 6) is -0.252. The molecule has 0 radical (unpaired) electrons. The molecule has 1 amide bonds. The van der Waals surface area contributed by atoms with Gasteiger partial charge in [-0.25, -0.2) is 8.42 Å². The number of aromatic nitrogens is 2. The third kappa shape index (κ3) is 9.36. The van der Waals surface area contributed by atoms with E-state index in [9.17, 15) is 13.2 Å². The summed E-state index contributed by atoms with van der Waals surface area (Å²) in [7, 11) is -4.02. The van der Waals surface area contributed by atoms with Crippen molar-refractivity contribution in [2.24, 2.45) is 0 Å². The zero-order valence-electron chi connectivity index (χ0n) is 24.1. The van der Waals surface area contributed by atoms with Crippen LogP contribution in [-0.4, -0.2) is 54.5 Å².